The van der Waals surface area contributed by atoms with Gasteiger partial charge in [0.1, 0.15) is 0 Å². The Hall–Kier alpha value is -2.34. The molecule has 0 atom stereocenters. The molecule has 6 heteroatoms. The van der Waals surface area contributed by atoms with Gasteiger partial charge in [-0.15, -0.1) is 0 Å². The van der Waals surface area contributed by atoms with Crippen LogP contribution < -0.4 is 10.6 Å². The topological polar surface area (TPSA) is 57.5 Å². The van der Waals surface area contributed by atoms with E-state index in [1.165, 1.54) is 50.0 Å². The normalized spacial score (nSPS) is 16.3. The summed E-state index contributed by atoms with van der Waals surface area (Å²) in [7, 11) is 1.84. The maximum absolute atomic E-state index is 4.39. The number of aromatic nitrogens is 2. The number of piperidine rings is 1. The summed E-state index contributed by atoms with van der Waals surface area (Å²) in [6.07, 6.45) is 7.67. The fourth-order valence-electron chi connectivity index (χ4n) is 3.84. The van der Waals surface area contributed by atoms with E-state index < -0.39 is 0 Å². The zero-order valence-corrected chi connectivity index (χ0v) is 17.3. The van der Waals surface area contributed by atoms with Gasteiger partial charge in [-0.3, -0.25) is 9.67 Å². The Morgan fingerprint density at radius 3 is 2.61 bits per heavy atom. The molecule has 0 unspecified atom stereocenters. The lowest BCUT2D eigenvalue weighted by atomic mass is 9.93. The molecule has 2 N–H and O–H groups in total. The summed E-state index contributed by atoms with van der Waals surface area (Å²) >= 11 is 0. The van der Waals surface area contributed by atoms with Gasteiger partial charge in [-0.05, 0) is 62.0 Å². The molecule has 1 saturated heterocycles. The van der Waals surface area contributed by atoms with Gasteiger partial charge in [0.2, 0.25) is 0 Å². The molecular weight excluding hydrogens is 348 g/mol. The van der Waals surface area contributed by atoms with E-state index in [1.54, 1.807) is 0 Å². The smallest absolute Gasteiger partial charge is 0.191 e. The highest BCUT2D eigenvalue weighted by atomic mass is 15.3. The molecular formula is C22H34N6. The number of rotatable bonds is 8. The Labute approximate surface area is 169 Å². The molecule has 3 rings (SSSR count). The summed E-state index contributed by atoms with van der Waals surface area (Å²) in [5, 5.41) is 11.3. The fraction of sp³-hybridized carbons (Fsp3) is 0.545. The Bertz CT molecular complexity index is 716. The van der Waals surface area contributed by atoms with Crippen LogP contribution in [-0.2, 0) is 13.1 Å². The maximum atomic E-state index is 4.39. The van der Waals surface area contributed by atoms with E-state index in [-0.39, 0.29) is 0 Å². The first-order chi connectivity index (χ1) is 13.8. The molecule has 1 fully saturated rings. The number of benzene rings is 1. The number of aliphatic imine (C=N–C) groups is 1. The predicted molar refractivity (Wildman–Crippen MR) is 115 cm³/mol. The van der Waals surface area contributed by atoms with Gasteiger partial charge in [0.05, 0.1) is 6.54 Å². The van der Waals surface area contributed by atoms with E-state index in [0.717, 1.165) is 31.5 Å². The molecule has 2 aromatic rings. The number of nitrogens with zero attached hydrogens (tertiary/aromatic N) is 4. The van der Waals surface area contributed by atoms with Gasteiger partial charge in [-0.25, -0.2) is 0 Å². The average molecular weight is 383 g/mol. The third kappa shape index (κ3) is 6.09. The van der Waals surface area contributed by atoms with E-state index in [0.29, 0.717) is 0 Å². The number of hydrogen-bond donors (Lipinski definition) is 2. The van der Waals surface area contributed by atoms with Crippen LogP contribution in [-0.4, -0.2) is 53.9 Å². The minimum absolute atomic E-state index is 0.756. The first-order valence-corrected chi connectivity index (χ1v) is 10.5. The molecule has 0 bridgehead atoms. The van der Waals surface area contributed by atoms with Crippen molar-refractivity contribution in [1.82, 2.24) is 25.3 Å². The summed E-state index contributed by atoms with van der Waals surface area (Å²) < 4.78 is 1.95. The van der Waals surface area contributed by atoms with Crippen molar-refractivity contribution in [3.63, 3.8) is 0 Å². The summed E-state index contributed by atoms with van der Waals surface area (Å²) in [6, 6.07) is 10.5. The molecule has 0 spiro atoms. The van der Waals surface area contributed by atoms with Crippen LogP contribution in [0.15, 0.2) is 47.7 Å². The second kappa shape index (κ2) is 10.9. The Balaban J connectivity index is 1.43. The Kier molecular flexibility index (Phi) is 7.91. The number of nitrogens with one attached hydrogen (secondary N) is 2. The molecule has 1 aromatic heterocycles. The van der Waals surface area contributed by atoms with Gasteiger partial charge in [-0.1, -0.05) is 31.2 Å². The first kappa shape index (κ1) is 20.4. The van der Waals surface area contributed by atoms with Gasteiger partial charge in [0.15, 0.2) is 5.96 Å². The molecule has 0 saturated carbocycles. The number of guanidine groups is 1. The number of hydrogen-bond acceptors (Lipinski definition) is 3. The van der Waals surface area contributed by atoms with Crippen LogP contribution in [0.4, 0.5) is 0 Å². The number of likely N-dealkylation sites (tertiary alicyclic amines) is 1. The van der Waals surface area contributed by atoms with Crippen LogP contribution in [0.1, 0.15) is 37.3 Å². The molecule has 2 heterocycles. The summed E-state index contributed by atoms with van der Waals surface area (Å²) in [5.41, 5.74) is 2.55. The second-order valence-corrected chi connectivity index (χ2v) is 7.49. The van der Waals surface area contributed by atoms with Crippen LogP contribution in [0.5, 0.6) is 0 Å². The zero-order chi connectivity index (χ0) is 19.6. The van der Waals surface area contributed by atoms with Crippen molar-refractivity contribution in [2.75, 3.05) is 33.2 Å². The highest BCUT2D eigenvalue weighted by Crippen LogP contribution is 2.19. The van der Waals surface area contributed by atoms with E-state index in [2.05, 4.69) is 56.8 Å². The van der Waals surface area contributed by atoms with E-state index in [4.69, 9.17) is 0 Å². The van der Waals surface area contributed by atoms with Gasteiger partial charge < -0.3 is 15.5 Å². The van der Waals surface area contributed by atoms with Gasteiger partial charge >= 0.3 is 0 Å². The standard InChI is InChI=1S/C22H34N6/c1-3-27-15-10-19(11-16-27)9-13-24-22(23-2)25-17-20-7-4-5-8-21(20)18-28-14-6-12-26-28/h4-8,12,14,19H,3,9-11,13,15-18H2,1-2H3,(H2,23,24,25). The zero-order valence-electron chi connectivity index (χ0n) is 17.3. The highest BCUT2D eigenvalue weighted by Gasteiger charge is 2.17. The molecule has 1 aliphatic heterocycles. The van der Waals surface area contributed by atoms with Crippen molar-refractivity contribution >= 4 is 5.96 Å². The van der Waals surface area contributed by atoms with Crippen molar-refractivity contribution in [2.24, 2.45) is 10.9 Å². The van der Waals surface area contributed by atoms with E-state index >= 15 is 0 Å². The first-order valence-electron chi connectivity index (χ1n) is 10.5. The maximum Gasteiger partial charge on any atom is 0.191 e. The van der Waals surface area contributed by atoms with Gasteiger partial charge in [0, 0.05) is 32.5 Å². The van der Waals surface area contributed by atoms with Gasteiger partial charge in [-0.2, -0.15) is 5.10 Å². The molecule has 0 radical (unpaired) electrons. The second-order valence-electron chi connectivity index (χ2n) is 7.49. The predicted octanol–water partition coefficient (Wildman–Crippen LogP) is 2.72. The summed E-state index contributed by atoms with van der Waals surface area (Å²) in [4.78, 5) is 6.93. The third-order valence-electron chi connectivity index (χ3n) is 5.68. The molecule has 1 aliphatic rings. The molecule has 0 aliphatic carbocycles. The van der Waals surface area contributed by atoms with Crippen LogP contribution in [0.25, 0.3) is 0 Å². The van der Waals surface area contributed by atoms with Crippen LogP contribution >= 0.6 is 0 Å². The van der Waals surface area contributed by atoms with Crippen molar-refractivity contribution in [3.8, 4) is 0 Å². The summed E-state index contributed by atoms with van der Waals surface area (Å²) in [6.45, 7) is 8.46. The van der Waals surface area contributed by atoms with Crippen LogP contribution in [0.3, 0.4) is 0 Å². The SMILES string of the molecule is CCN1CCC(CCNC(=NC)NCc2ccccc2Cn2cccn2)CC1. The minimum Gasteiger partial charge on any atom is -0.356 e. The van der Waals surface area contributed by atoms with Crippen LogP contribution in [0.2, 0.25) is 0 Å². The fourth-order valence-corrected chi connectivity index (χ4v) is 3.84. The molecule has 0 amide bonds. The van der Waals surface area contributed by atoms with Gasteiger partial charge in [0.25, 0.3) is 0 Å². The van der Waals surface area contributed by atoms with Crippen molar-refractivity contribution in [2.45, 2.75) is 39.3 Å². The Morgan fingerprint density at radius 1 is 1.14 bits per heavy atom. The molecule has 152 valence electrons. The lowest BCUT2D eigenvalue weighted by Crippen LogP contribution is -2.39. The third-order valence-corrected chi connectivity index (χ3v) is 5.68. The molecule has 1 aromatic carbocycles. The molecule has 6 nitrogen and oxygen atoms in total. The lowest BCUT2D eigenvalue weighted by Gasteiger charge is -2.31. The quantitative estimate of drug-likeness (QED) is 0.544. The highest BCUT2D eigenvalue weighted by molar-refractivity contribution is 5.79. The monoisotopic (exact) mass is 382 g/mol. The van der Waals surface area contributed by atoms with Crippen molar-refractivity contribution < 1.29 is 0 Å². The van der Waals surface area contributed by atoms with E-state index in [9.17, 15) is 0 Å². The van der Waals surface area contributed by atoms with Crippen LogP contribution in [0, 0.1) is 5.92 Å². The summed E-state index contributed by atoms with van der Waals surface area (Å²) in [5.74, 6) is 1.71. The lowest BCUT2D eigenvalue weighted by molar-refractivity contribution is 0.187. The minimum atomic E-state index is 0.756. The van der Waals surface area contributed by atoms with E-state index in [1.807, 2.05) is 30.2 Å². The van der Waals surface area contributed by atoms with Crippen molar-refractivity contribution in [1.29, 1.82) is 0 Å². The Morgan fingerprint density at radius 2 is 1.93 bits per heavy atom. The van der Waals surface area contributed by atoms with Crippen molar-refractivity contribution in [3.05, 3.63) is 53.9 Å². The largest absolute Gasteiger partial charge is 0.356 e. The molecule has 28 heavy (non-hydrogen) atoms. The average Bonchev–Trinajstić information content (AvgIpc) is 3.25.